The van der Waals surface area contributed by atoms with Crippen LogP contribution in [0.25, 0.3) is 10.8 Å². The van der Waals surface area contributed by atoms with Gasteiger partial charge in [0.2, 0.25) is 0 Å². The van der Waals surface area contributed by atoms with Crippen LogP contribution in [0.2, 0.25) is 0 Å². The number of carbonyl (C=O) groups is 1. The van der Waals surface area contributed by atoms with Gasteiger partial charge in [-0.3, -0.25) is 4.79 Å². The molecule has 3 rings (SSSR count). The van der Waals surface area contributed by atoms with E-state index in [4.69, 9.17) is 10.5 Å². The third-order valence-electron chi connectivity index (χ3n) is 3.30. The van der Waals surface area contributed by atoms with Crippen LogP contribution in [-0.4, -0.2) is 12.5 Å². The number of nitrogens with two attached hydrogens (primary N) is 1. The molecule has 0 bridgehead atoms. The minimum Gasteiger partial charge on any atom is -0.483 e. The van der Waals surface area contributed by atoms with Crippen molar-refractivity contribution in [3.05, 3.63) is 66.7 Å². The Balaban J connectivity index is 1.66. The highest BCUT2D eigenvalue weighted by Gasteiger charge is 2.06. The first-order valence-electron chi connectivity index (χ1n) is 6.98. The van der Waals surface area contributed by atoms with E-state index in [1.165, 1.54) is 0 Å². The number of anilines is 2. The van der Waals surface area contributed by atoms with Gasteiger partial charge in [-0.2, -0.15) is 0 Å². The fourth-order valence-corrected chi connectivity index (χ4v) is 2.23. The number of nitrogen functional groups attached to an aromatic ring is 1. The summed E-state index contributed by atoms with van der Waals surface area (Å²) < 4.78 is 5.64. The summed E-state index contributed by atoms with van der Waals surface area (Å²) in [5.74, 6) is 0.489. The zero-order chi connectivity index (χ0) is 15.4. The van der Waals surface area contributed by atoms with Crippen molar-refractivity contribution in [2.24, 2.45) is 0 Å². The van der Waals surface area contributed by atoms with Crippen LogP contribution in [0.5, 0.6) is 5.75 Å². The fraction of sp³-hybridized carbons (Fsp3) is 0.0556. The molecule has 0 aliphatic heterocycles. The summed E-state index contributed by atoms with van der Waals surface area (Å²) in [6, 6.07) is 20.7. The lowest BCUT2D eigenvalue weighted by Gasteiger charge is -2.10. The highest BCUT2D eigenvalue weighted by molar-refractivity contribution is 5.93. The summed E-state index contributed by atoms with van der Waals surface area (Å²) in [6.45, 7) is -0.0433. The van der Waals surface area contributed by atoms with Gasteiger partial charge in [-0.1, -0.05) is 36.4 Å². The van der Waals surface area contributed by atoms with Crippen LogP contribution in [0.15, 0.2) is 66.7 Å². The highest BCUT2D eigenvalue weighted by atomic mass is 16.5. The molecular formula is C18H16N2O2. The molecule has 3 aromatic carbocycles. The molecule has 0 aliphatic rings. The molecule has 0 spiro atoms. The van der Waals surface area contributed by atoms with Gasteiger partial charge in [0.15, 0.2) is 6.61 Å². The highest BCUT2D eigenvalue weighted by Crippen LogP contribution is 2.25. The van der Waals surface area contributed by atoms with Gasteiger partial charge in [-0.15, -0.1) is 0 Å². The van der Waals surface area contributed by atoms with E-state index in [1.54, 1.807) is 24.3 Å². The van der Waals surface area contributed by atoms with Gasteiger partial charge in [-0.05, 0) is 35.7 Å². The molecule has 4 heteroatoms. The predicted molar refractivity (Wildman–Crippen MR) is 88.9 cm³/mol. The second kappa shape index (κ2) is 6.18. The Kier molecular flexibility index (Phi) is 3.92. The van der Waals surface area contributed by atoms with Gasteiger partial charge in [0.25, 0.3) is 5.91 Å². The molecule has 0 aliphatic carbocycles. The average Bonchev–Trinajstić information content (AvgIpc) is 2.55. The van der Waals surface area contributed by atoms with Crippen molar-refractivity contribution >= 4 is 28.1 Å². The summed E-state index contributed by atoms with van der Waals surface area (Å²) in [4.78, 5) is 11.9. The van der Waals surface area contributed by atoms with E-state index in [0.717, 1.165) is 10.8 Å². The maximum atomic E-state index is 11.9. The molecule has 0 radical (unpaired) electrons. The maximum absolute atomic E-state index is 11.9. The van der Waals surface area contributed by atoms with E-state index in [-0.39, 0.29) is 12.5 Å². The third kappa shape index (κ3) is 3.17. The van der Waals surface area contributed by atoms with Gasteiger partial charge >= 0.3 is 0 Å². The Morgan fingerprint density at radius 2 is 1.68 bits per heavy atom. The molecule has 0 fully saturated rings. The van der Waals surface area contributed by atoms with E-state index < -0.39 is 0 Å². The van der Waals surface area contributed by atoms with Crippen LogP contribution in [-0.2, 0) is 4.79 Å². The number of amides is 1. The molecule has 0 saturated carbocycles. The van der Waals surface area contributed by atoms with Gasteiger partial charge in [-0.25, -0.2) is 0 Å². The van der Waals surface area contributed by atoms with Crippen molar-refractivity contribution < 1.29 is 9.53 Å². The van der Waals surface area contributed by atoms with E-state index in [9.17, 15) is 4.79 Å². The number of rotatable bonds is 4. The Morgan fingerprint density at radius 1 is 0.955 bits per heavy atom. The lowest BCUT2D eigenvalue weighted by Crippen LogP contribution is -2.20. The molecule has 0 saturated heterocycles. The third-order valence-corrected chi connectivity index (χ3v) is 3.30. The van der Waals surface area contributed by atoms with Crippen molar-refractivity contribution in [3.8, 4) is 5.75 Å². The van der Waals surface area contributed by atoms with Gasteiger partial charge in [0, 0.05) is 16.8 Å². The summed E-state index contributed by atoms with van der Waals surface area (Å²) in [6.07, 6.45) is 0. The number of carbonyl (C=O) groups excluding carboxylic acids is 1. The van der Waals surface area contributed by atoms with E-state index in [0.29, 0.717) is 17.1 Å². The molecule has 0 unspecified atom stereocenters. The Morgan fingerprint density at radius 3 is 2.50 bits per heavy atom. The largest absolute Gasteiger partial charge is 0.483 e. The average molecular weight is 292 g/mol. The van der Waals surface area contributed by atoms with Crippen molar-refractivity contribution in [2.75, 3.05) is 17.7 Å². The minimum absolute atomic E-state index is 0.0433. The van der Waals surface area contributed by atoms with Crippen LogP contribution in [0.4, 0.5) is 11.4 Å². The molecule has 0 atom stereocenters. The number of nitrogens with one attached hydrogen (secondary N) is 1. The first kappa shape index (κ1) is 13.9. The number of fused-ring (bicyclic) bond motifs is 1. The van der Waals surface area contributed by atoms with Gasteiger partial charge < -0.3 is 15.8 Å². The molecule has 3 aromatic rings. The number of hydrogen-bond donors (Lipinski definition) is 2. The van der Waals surface area contributed by atoms with Crippen molar-refractivity contribution in [2.45, 2.75) is 0 Å². The molecule has 110 valence electrons. The lowest BCUT2D eigenvalue weighted by atomic mass is 10.1. The van der Waals surface area contributed by atoms with Crippen molar-refractivity contribution in [3.63, 3.8) is 0 Å². The standard InChI is InChI=1S/C18H16N2O2/c19-14-8-10-15(11-9-14)20-18(21)12-22-17-7-3-5-13-4-1-2-6-16(13)17/h1-11H,12,19H2,(H,20,21). The summed E-state index contributed by atoms with van der Waals surface area (Å²) >= 11 is 0. The lowest BCUT2D eigenvalue weighted by molar-refractivity contribution is -0.118. The van der Waals surface area contributed by atoms with Gasteiger partial charge in [0.1, 0.15) is 5.75 Å². The second-order valence-electron chi connectivity index (χ2n) is 4.94. The van der Waals surface area contributed by atoms with Crippen LogP contribution < -0.4 is 15.8 Å². The summed E-state index contributed by atoms with van der Waals surface area (Å²) in [5, 5.41) is 4.84. The molecular weight excluding hydrogens is 276 g/mol. The Hall–Kier alpha value is -3.01. The zero-order valence-corrected chi connectivity index (χ0v) is 12.0. The first-order chi connectivity index (χ1) is 10.7. The van der Waals surface area contributed by atoms with Crippen LogP contribution in [0.3, 0.4) is 0 Å². The number of ether oxygens (including phenoxy) is 1. The Bertz CT molecular complexity index is 792. The maximum Gasteiger partial charge on any atom is 0.262 e. The molecule has 0 heterocycles. The van der Waals surface area contributed by atoms with E-state index >= 15 is 0 Å². The smallest absolute Gasteiger partial charge is 0.262 e. The SMILES string of the molecule is Nc1ccc(NC(=O)COc2cccc3ccccc23)cc1. The van der Waals surface area contributed by atoms with Crippen LogP contribution in [0, 0.1) is 0 Å². The molecule has 4 nitrogen and oxygen atoms in total. The second-order valence-corrected chi connectivity index (χ2v) is 4.94. The van der Waals surface area contributed by atoms with Crippen LogP contribution in [0.1, 0.15) is 0 Å². The van der Waals surface area contributed by atoms with E-state index in [1.807, 2.05) is 42.5 Å². The monoisotopic (exact) mass is 292 g/mol. The molecule has 0 aromatic heterocycles. The van der Waals surface area contributed by atoms with E-state index in [2.05, 4.69) is 5.32 Å². The Labute approximate surface area is 128 Å². The van der Waals surface area contributed by atoms with Gasteiger partial charge in [0.05, 0.1) is 0 Å². The molecule has 22 heavy (non-hydrogen) atoms. The molecule has 1 amide bonds. The zero-order valence-electron chi connectivity index (χ0n) is 12.0. The molecule has 3 N–H and O–H groups in total. The number of benzene rings is 3. The normalized spacial score (nSPS) is 10.4. The summed E-state index contributed by atoms with van der Waals surface area (Å²) in [7, 11) is 0. The predicted octanol–water partition coefficient (Wildman–Crippen LogP) is 3.44. The summed E-state index contributed by atoms with van der Waals surface area (Å²) in [5.41, 5.74) is 6.96. The first-order valence-corrected chi connectivity index (χ1v) is 6.98. The van der Waals surface area contributed by atoms with Crippen molar-refractivity contribution in [1.82, 2.24) is 0 Å². The quantitative estimate of drug-likeness (QED) is 0.724. The number of hydrogen-bond acceptors (Lipinski definition) is 3. The fourth-order valence-electron chi connectivity index (χ4n) is 2.23. The van der Waals surface area contributed by atoms with Crippen molar-refractivity contribution in [1.29, 1.82) is 0 Å². The minimum atomic E-state index is -0.210. The topological polar surface area (TPSA) is 64.3 Å². The van der Waals surface area contributed by atoms with Crippen LogP contribution >= 0.6 is 0 Å².